The quantitative estimate of drug-likeness (QED) is 0.676. The normalized spacial score (nSPS) is 14.6. The van der Waals surface area contributed by atoms with Crippen molar-refractivity contribution in [3.63, 3.8) is 0 Å². The predicted octanol–water partition coefficient (Wildman–Crippen LogP) is 2.20. The number of ether oxygens (including phenoxy) is 2. The van der Waals surface area contributed by atoms with Crippen LogP contribution in [0.15, 0.2) is 0 Å². The van der Waals surface area contributed by atoms with Crippen molar-refractivity contribution in [3.05, 3.63) is 0 Å². The molecule has 0 amide bonds. The second-order valence-corrected chi connectivity index (χ2v) is 4.96. The van der Waals surface area contributed by atoms with Crippen molar-refractivity contribution in [1.82, 2.24) is 5.32 Å². The zero-order valence-electron chi connectivity index (χ0n) is 11.1. The summed E-state index contributed by atoms with van der Waals surface area (Å²) in [6.45, 7) is 12.2. The van der Waals surface area contributed by atoms with Gasteiger partial charge in [0.05, 0.1) is 11.7 Å². The van der Waals surface area contributed by atoms with Crippen molar-refractivity contribution in [2.24, 2.45) is 0 Å². The minimum absolute atomic E-state index is 0.0782. The minimum atomic E-state index is -0.0782. The molecule has 3 heteroatoms. The number of hydrogen-bond acceptors (Lipinski definition) is 3. The van der Waals surface area contributed by atoms with Crippen molar-refractivity contribution >= 4 is 0 Å². The maximum atomic E-state index is 5.69. The molecule has 0 aliphatic rings. The van der Waals surface area contributed by atoms with Crippen molar-refractivity contribution in [2.75, 3.05) is 20.3 Å². The fourth-order valence-corrected chi connectivity index (χ4v) is 1.07. The molecule has 92 valence electrons. The first-order valence-electron chi connectivity index (χ1n) is 5.77. The molecular weight excluding hydrogens is 190 g/mol. The molecule has 0 aromatic heterocycles. The Balaban J connectivity index is 3.50. The van der Waals surface area contributed by atoms with Crippen LogP contribution in [0.25, 0.3) is 0 Å². The molecule has 0 rings (SSSR count). The van der Waals surface area contributed by atoms with E-state index in [1.807, 2.05) is 0 Å². The van der Waals surface area contributed by atoms with Crippen LogP contribution in [0.4, 0.5) is 0 Å². The van der Waals surface area contributed by atoms with Gasteiger partial charge in [-0.2, -0.15) is 0 Å². The van der Waals surface area contributed by atoms with Crippen molar-refractivity contribution < 1.29 is 9.47 Å². The van der Waals surface area contributed by atoms with Gasteiger partial charge >= 0.3 is 0 Å². The van der Waals surface area contributed by atoms with Gasteiger partial charge in [0, 0.05) is 26.3 Å². The summed E-state index contributed by atoms with van der Waals surface area (Å²) in [6.07, 6.45) is 1.19. The van der Waals surface area contributed by atoms with E-state index >= 15 is 0 Å². The number of methoxy groups -OCH3 is 1. The topological polar surface area (TPSA) is 30.5 Å². The lowest BCUT2D eigenvalue weighted by molar-refractivity contribution is -0.0232. The maximum absolute atomic E-state index is 5.69. The highest BCUT2D eigenvalue weighted by molar-refractivity contribution is 4.67. The summed E-state index contributed by atoms with van der Waals surface area (Å²) in [4.78, 5) is 0. The van der Waals surface area contributed by atoms with Gasteiger partial charge in [0.15, 0.2) is 0 Å². The van der Waals surface area contributed by atoms with Crippen LogP contribution >= 0.6 is 0 Å². The first-order valence-corrected chi connectivity index (χ1v) is 5.77. The van der Waals surface area contributed by atoms with Gasteiger partial charge in [-0.1, -0.05) is 13.8 Å². The standard InChI is InChI=1S/C12H27NO2/c1-10(2)13-9-11(3)15-8-7-12(4,5)14-6/h10-11,13H,7-9H2,1-6H3. The van der Waals surface area contributed by atoms with E-state index in [0.29, 0.717) is 6.04 Å². The molecule has 0 aliphatic heterocycles. The maximum Gasteiger partial charge on any atom is 0.0671 e. The van der Waals surface area contributed by atoms with E-state index in [-0.39, 0.29) is 11.7 Å². The Hall–Kier alpha value is -0.120. The van der Waals surface area contributed by atoms with E-state index in [1.54, 1.807) is 7.11 Å². The van der Waals surface area contributed by atoms with Gasteiger partial charge in [-0.3, -0.25) is 0 Å². The molecule has 0 bridgehead atoms. The summed E-state index contributed by atoms with van der Waals surface area (Å²) < 4.78 is 11.0. The molecule has 1 unspecified atom stereocenters. The second-order valence-electron chi connectivity index (χ2n) is 4.96. The molecule has 15 heavy (non-hydrogen) atoms. The summed E-state index contributed by atoms with van der Waals surface area (Å²) in [5.41, 5.74) is -0.0782. The van der Waals surface area contributed by atoms with E-state index in [2.05, 4.69) is 39.9 Å². The van der Waals surface area contributed by atoms with Crippen molar-refractivity contribution in [1.29, 1.82) is 0 Å². The largest absolute Gasteiger partial charge is 0.379 e. The van der Waals surface area contributed by atoms with Crippen LogP contribution in [0.1, 0.15) is 41.0 Å². The van der Waals surface area contributed by atoms with E-state index in [1.165, 1.54) is 0 Å². The summed E-state index contributed by atoms with van der Waals surface area (Å²) >= 11 is 0. The van der Waals surface area contributed by atoms with Gasteiger partial charge in [-0.05, 0) is 27.2 Å². The van der Waals surface area contributed by atoms with Crippen LogP contribution in [0.3, 0.4) is 0 Å². The van der Waals surface area contributed by atoms with E-state index in [4.69, 9.17) is 9.47 Å². The summed E-state index contributed by atoms with van der Waals surface area (Å²) in [7, 11) is 1.74. The molecule has 1 N–H and O–H groups in total. The smallest absolute Gasteiger partial charge is 0.0671 e. The van der Waals surface area contributed by atoms with Crippen LogP contribution in [0, 0.1) is 0 Å². The highest BCUT2D eigenvalue weighted by Gasteiger charge is 2.16. The first kappa shape index (κ1) is 14.9. The highest BCUT2D eigenvalue weighted by Crippen LogP contribution is 2.12. The highest BCUT2D eigenvalue weighted by atomic mass is 16.5. The Morgan fingerprint density at radius 2 is 1.80 bits per heavy atom. The minimum Gasteiger partial charge on any atom is -0.379 e. The van der Waals surface area contributed by atoms with E-state index in [0.717, 1.165) is 19.6 Å². The SMILES string of the molecule is COC(C)(C)CCOC(C)CNC(C)C. The monoisotopic (exact) mass is 217 g/mol. The van der Waals surface area contributed by atoms with Gasteiger partial charge < -0.3 is 14.8 Å². The average Bonchev–Trinajstić information content (AvgIpc) is 2.14. The van der Waals surface area contributed by atoms with Crippen LogP contribution in [0.2, 0.25) is 0 Å². The van der Waals surface area contributed by atoms with Gasteiger partial charge in [0.2, 0.25) is 0 Å². The van der Waals surface area contributed by atoms with E-state index in [9.17, 15) is 0 Å². The summed E-state index contributed by atoms with van der Waals surface area (Å²) in [6, 6.07) is 0.520. The summed E-state index contributed by atoms with van der Waals surface area (Å²) in [5, 5.41) is 3.35. The number of nitrogens with one attached hydrogen (secondary N) is 1. The molecule has 1 atom stereocenters. The second kappa shape index (κ2) is 7.20. The lowest BCUT2D eigenvalue weighted by Crippen LogP contribution is -2.33. The molecule has 0 saturated heterocycles. The fourth-order valence-electron chi connectivity index (χ4n) is 1.07. The molecule has 3 nitrogen and oxygen atoms in total. The van der Waals surface area contributed by atoms with Crippen molar-refractivity contribution in [2.45, 2.75) is 58.8 Å². The average molecular weight is 217 g/mol. The Labute approximate surface area is 94.5 Å². The molecule has 0 heterocycles. The predicted molar refractivity (Wildman–Crippen MR) is 64.3 cm³/mol. The molecule has 0 saturated carbocycles. The van der Waals surface area contributed by atoms with Crippen LogP contribution in [-0.4, -0.2) is 38.0 Å². The lowest BCUT2D eigenvalue weighted by atomic mass is 10.1. The van der Waals surface area contributed by atoms with Crippen LogP contribution in [-0.2, 0) is 9.47 Å². The third-order valence-corrected chi connectivity index (χ3v) is 2.47. The zero-order chi connectivity index (χ0) is 11.9. The summed E-state index contributed by atoms with van der Waals surface area (Å²) in [5.74, 6) is 0. The van der Waals surface area contributed by atoms with Gasteiger partial charge in [0.25, 0.3) is 0 Å². The Bertz CT molecular complexity index is 158. The van der Waals surface area contributed by atoms with Gasteiger partial charge in [-0.15, -0.1) is 0 Å². The molecule has 0 aromatic carbocycles. The number of rotatable bonds is 8. The molecule has 0 aliphatic carbocycles. The Kier molecular flexibility index (Phi) is 7.14. The van der Waals surface area contributed by atoms with Gasteiger partial charge in [-0.25, -0.2) is 0 Å². The van der Waals surface area contributed by atoms with Crippen LogP contribution in [0.5, 0.6) is 0 Å². The third-order valence-electron chi connectivity index (χ3n) is 2.47. The van der Waals surface area contributed by atoms with Crippen molar-refractivity contribution in [3.8, 4) is 0 Å². The third kappa shape index (κ3) is 8.85. The fraction of sp³-hybridized carbons (Fsp3) is 1.00. The molecule has 0 fully saturated rings. The Morgan fingerprint density at radius 3 is 2.27 bits per heavy atom. The molecule has 0 spiro atoms. The molecular formula is C12H27NO2. The number of hydrogen-bond donors (Lipinski definition) is 1. The zero-order valence-corrected chi connectivity index (χ0v) is 11.1. The lowest BCUT2D eigenvalue weighted by Gasteiger charge is -2.24. The van der Waals surface area contributed by atoms with E-state index < -0.39 is 0 Å². The molecule has 0 aromatic rings. The first-order chi connectivity index (χ1) is 6.87. The van der Waals surface area contributed by atoms with Gasteiger partial charge in [0.1, 0.15) is 0 Å². The van der Waals surface area contributed by atoms with Crippen LogP contribution < -0.4 is 5.32 Å². The Morgan fingerprint density at radius 1 is 1.20 bits per heavy atom. The molecule has 0 radical (unpaired) electrons.